The smallest absolute Gasteiger partial charge is 0.221 e. The molecule has 7 heteroatoms. The van der Waals surface area contributed by atoms with Gasteiger partial charge in [0.1, 0.15) is 12.7 Å². The van der Waals surface area contributed by atoms with Crippen LogP contribution in [0, 0.1) is 5.92 Å². The highest BCUT2D eigenvalue weighted by Gasteiger charge is 2.23. The molecule has 0 unspecified atom stereocenters. The number of benzene rings is 1. The lowest BCUT2D eigenvalue weighted by atomic mass is 10.1. The van der Waals surface area contributed by atoms with Gasteiger partial charge in [-0.15, -0.1) is 0 Å². The van der Waals surface area contributed by atoms with E-state index in [0.29, 0.717) is 18.9 Å². The van der Waals surface area contributed by atoms with E-state index in [1.807, 2.05) is 6.07 Å². The number of aryl methyl sites for hydroxylation is 1. The molecule has 0 spiro atoms. The largest absolute Gasteiger partial charge is 0.371 e. The molecule has 0 saturated carbocycles. The number of hydrogen-bond acceptors (Lipinski definition) is 4. The van der Waals surface area contributed by atoms with E-state index in [-0.39, 0.29) is 5.91 Å². The topological polar surface area (TPSA) is 63.1 Å². The monoisotopic (exact) mass is 377 g/mol. The number of hydrogen-bond donors (Lipinski definition) is 1. The Morgan fingerprint density at radius 3 is 3.13 bits per heavy atom. The number of rotatable bonds is 6. The summed E-state index contributed by atoms with van der Waals surface area (Å²) in [5, 5.41) is 7.03. The highest BCUT2D eigenvalue weighted by atomic mass is 79.9. The summed E-state index contributed by atoms with van der Waals surface area (Å²) < 4.78 is 2.77. The lowest BCUT2D eigenvalue weighted by Crippen LogP contribution is -2.31. The molecule has 1 N–H and O–H groups in total. The number of carbonyl (C=O) groups is 1. The molecule has 2 aromatic rings. The standard InChI is InChI=1S/C16H20BrN5O/c17-14-2-1-3-15(8-14)21-6-4-13(10-21)9-19-16(23)5-7-22-12-18-11-20-22/h1-3,8,11-13H,4-7,9-10H2,(H,19,23)/t13-/m0/s1. The van der Waals surface area contributed by atoms with E-state index < -0.39 is 0 Å². The maximum atomic E-state index is 11.9. The van der Waals surface area contributed by atoms with Crippen molar-refractivity contribution in [1.82, 2.24) is 20.1 Å². The van der Waals surface area contributed by atoms with Gasteiger partial charge in [-0.1, -0.05) is 22.0 Å². The molecule has 1 aromatic carbocycles. The maximum absolute atomic E-state index is 11.9. The van der Waals surface area contributed by atoms with Crippen molar-refractivity contribution in [2.75, 3.05) is 24.5 Å². The van der Waals surface area contributed by atoms with Crippen molar-refractivity contribution in [1.29, 1.82) is 0 Å². The van der Waals surface area contributed by atoms with Crippen molar-refractivity contribution in [2.24, 2.45) is 5.92 Å². The number of carbonyl (C=O) groups excluding carboxylic acids is 1. The molecule has 0 aliphatic carbocycles. The molecule has 1 saturated heterocycles. The summed E-state index contributed by atoms with van der Waals surface area (Å²) in [6.07, 6.45) is 4.65. The van der Waals surface area contributed by atoms with Gasteiger partial charge in [0, 0.05) is 36.2 Å². The number of amides is 1. The maximum Gasteiger partial charge on any atom is 0.221 e. The van der Waals surface area contributed by atoms with Crippen LogP contribution in [0.5, 0.6) is 0 Å². The summed E-state index contributed by atoms with van der Waals surface area (Å²) in [7, 11) is 0. The number of nitrogens with zero attached hydrogens (tertiary/aromatic N) is 4. The molecule has 1 aliphatic heterocycles. The van der Waals surface area contributed by atoms with Crippen molar-refractivity contribution in [3.05, 3.63) is 41.4 Å². The van der Waals surface area contributed by atoms with Crippen molar-refractivity contribution < 1.29 is 4.79 Å². The summed E-state index contributed by atoms with van der Waals surface area (Å²) in [4.78, 5) is 18.1. The zero-order valence-corrected chi connectivity index (χ0v) is 14.4. The Morgan fingerprint density at radius 1 is 1.43 bits per heavy atom. The van der Waals surface area contributed by atoms with Gasteiger partial charge in [0.2, 0.25) is 5.91 Å². The zero-order chi connectivity index (χ0) is 16.1. The van der Waals surface area contributed by atoms with Gasteiger partial charge in [0.25, 0.3) is 0 Å². The van der Waals surface area contributed by atoms with Crippen molar-refractivity contribution >= 4 is 27.5 Å². The quantitative estimate of drug-likeness (QED) is 0.836. The fraction of sp³-hybridized carbons (Fsp3) is 0.438. The predicted octanol–water partition coefficient (Wildman–Crippen LogP) is 2.07. The number of aromatic nitrogens is 3. The van der Waals surface area contributed by atoms with Crippen LogP contribution in [0.15, 0.2) is 41.4 Å². The van der Waals surface area contributed by atoms with Gasteiger partial charge < -0.3 is 10.2 Å². The fourth-order valence-corrected chi connectivity index (χ4v) is 3.20. The molecule has 6 nitrogen and oxygen atoms in total. The molecule has 2 heterocycles. The van der Waals surface area contributed by atoms with E-state index in [2.05, 4.69) is 54.4 Å². The Balaban J connectivity index is 1.40. The molecule has 23 heavy (non-hydrogen) atoms. The first-order valence-electron chi connectivity index (χ1n) is 7.80. The molecule has 0 radical (unpaired) electrons. The Kier molecular flexibility index (Phi) is 5.27. The molecule has 1 aromatic heterocycles. The van der Waals surface area contributed by atoms with Gasteiger partial charge in [0.05, 0.1) is 6.54 Å². The van der Waals surface area contributed by atoms with Crippen LogP contribution in [-0.2, 0) is 11.3 Å². The lowest BCUT2D eigenvalue weighted by Gasteiger charge is -2.19. The van der Waals surface area contributed by atoms with Crippen molar-refractivity contribution in [2.45, 2.75) is 19.4 Å². The highest BCUT2D eigenvalue weighted by Crippen LogP contribution is 2.25. The third-order valence-corrected chi connectivity index (χ3v) is 4.57. The average Bonchev–Trinajstić information content (AvgIpc) is 3.22. The highest BCUT2D eigenvalue weighted by molar-refractivity contribution is 9.10. The van der Waals surface area contributed by atoms with E-state index in [0.717, 1.165) is 30.5 Å². The summed E-state index contributed by atoms with van der Waals surface area (Å²) in [5.74, 6) is 0.575. The van der Waals surface area contributed by atoms with Gasteiger partial charge in [-0.25, -0.2) is 4.98 Å². The van der Waals surface area contributed by atoms with Crippen LogP contribution in [0.1, 0.15) is 12.8 Å². The summed E-state index contributed by atoms with van der Waals surface area (Å²) in [5.41, 5.74) is 1.24. The number of anilines is 1. The molecular weight excluding hydrogens is 358 g/mol. The minimum atomic E-state index is 0.0707. The normalized spacial score (nSPS) is 17.4. The second-order valence-electron chi connectivity index (χ2n) is 5.79. The van der Waals surface area contributed by atoms with Crippen LogP contribution in [0.2, 0.25) is 0 Å². The Labute approximate surface area is 144 Å². The molecule has 122 valence electrons. The van der Waals surface area contributed by atoms with Gasteiger partial charge in [0.15, 0.2) is 0 Å². The van der Waals surface area contributed by atoms with Crippen LogP contribution in [-0.4, -0.2) is 40.3 Å². The predicted molar refractivity (Wildman–Crippen MR) is 92.1 cm³/mol. The third kappa shape index (κ3) is 4.54. The minimum Gasteiger partial charge on any atom is -0.371 e. The Bertz CT molecular complexity index is 646. The zero-order valence-electron chi connectivity index (χ0n) is 12.9. The second kappa shape index (κ2) is 7.59. The first-order chi connectivity index (χ1) is 11.2. The first-order valence-corrected chi connectivity index (χ1v) is 8.59. The van der Waals surface area contributed by atoms with Crippen LogP contribution in [0.3, 0.4) is 0 Å². The fourth-order valence-electron chi connectivity index (χ4n) is 2.82. The Morgan fingerprint density at radius 2 is 2.35 bits per heavy atom. The van der Waals surface area contributed by atoms with Crippen LogP contribution < -0.4 is 10.2 Å². The van der Waals surface area contributed by atoms with E-state index in [4.69, 9.17) is 0 Å². The molecule has 1 fully saturated rings. The van der Waals surface area contributed by atoms with Crippen LogP contribution in [0.25, 0.3) is 0 Å². The van der Waals surface area contributed by atoms with Gasteiger partial charge in [-0.3, -0.25) is 9.48 Å². The SMILES string of the molecule is O=C(CCn1cncn1)NC[C@@H]1CCN(c2cccc(Br)c2)C1. The molecular formula is C16H20BrN5O. The van der Waals surface area contributed by atoms with E-state index in [9.17, 15) is 4.79 Å². The third-order valence-electron chi connectivity index (χ3n) is 4.08. The average molecular weight is 378 g/mol. The van der Waals surface area contributed by atoms with E-state index in [1.54, 1.807) is 11.0 Å². The van der Waals surface area contributed by atoms with Gasteiger partial charge in [-0.2, -0.15) is 5.10 Å². The number of halogens is 1. The van der Waals surface area contributed by atoms with Gasteiger partial charge in [-0.05, 0) is 30.5 Å². The molecule has 1 aliphatic rings. The number of nitrogens with one attached hydrogen (secondary N) is 1. The molecule has 1 amide bonds. The second-order valence-corrected chi connectivity index (χ2v) is 6.71. The van der Waals surface area contributed by atoms with Crippen LogP contribution >= 0.6 is 15.9 Å². The first kappa shape index (κ1) is 16.0. The van der Waals surface area contributed by atoms with Gasteiger partial charge >= 0.3 is 0 Å². The summed E-state index contributed by atoms with van der Waals surface area (Å²) in [6, 6.07) is 8.36. The molecule has 3 rings (SSSR count). The van der Waals surface area contributed by atoms with Crippen molar-refractivity contribution in [3.63, 3.8) is 0 Å². The molecule has 0 bridgehead atoms. The van der Waals surface area contributed by atoms with Crippen molar-refractivity contribution in [3.8, 4) is 0 Å². The lowest BCUT2D eigenvalue weighted by molar-refractivity contribution is -0.121. The summed E-state index contributed by atoms with van der Waals surface area (Å²) >= 11 is 3.51. The minimum absolute atomic E-state index is 0.0707. The van der Waals surface area contributed by atoms with Crippen LogP contribution in [0.4, 0.5) is 5.69 Å². The Hall–Kier alpha value is -1.89. The van der Waals surface area contributed by atoms with E-state index in [1.165, 1.54) is 12.0 Å². The molecule has 1 atom stereocenters. The van der Waals surface area contributed by atoms with E-state index >= 15 is 0 Å². The summed E-state index contributed by atoms with van der Waals surface area (Å²) in [6.45, 7) is 3.33.